The van der Waals surface area contributed by atoms with E-state index in [-0.39, 0.29) is 11.5 Å². The maximum Gasteiger partial charge on any atom is 0.257 e. The molecule has 0 unspecified atom stereocenters. The number of sulfonamides is 1. The molecule has 0 aromatic rings. The molecule has 0 bridgehead atoms. The molecule has 0 N–H and O–H groups in total. The predicted molar refractivity (Wildman–Crippen MR) is 72.0 cm³/mol. The van der Waals surface area contributed by atoms with E-state index in [1.54, 1.807) is 27.0 Å². The van der Waals surface area contributed by atoms with E-state index < -0.39 is 14.8 Å². The summed E-state index contributed by atoms with van der Waals surface area (Å²) in [6, 6.07) is 0. The summed E-state index contributed by atoms with van der Waals surface area (Å²) in [4.78, 5) is 2.31. The second-order valence-electron chi connectivity index (χ2n) is 6.68. The second-order valence-corrected chi connectivity index (χ2v) is 9.06. The van der Waals surface area contributed by atoms with Crippen LogP contribution in [0.2, 0.25) is 0 Å². The summed E-state index contributed by atoms with van der Waals surface area (Å²) in [7, 11) is -3.37. The van der Waals surface area contributed by atoms with Crippen molar-refractivity contribution in [3.05, 3.63) is 0 Å². The van der Waals surface area contributed by atoms with Crippen molar-refractivity contribution >= 4 is 16.2 Å². The Morgan fingerprint density at radius 2 is 1.59 bits per heavy atom. The molecule has 1 rings (SSSR count). The highest BCUT2D eigenvalue weighted by Gasteiger charge is 2.34. The fourth-order valence-corrected chi connectivity index (χ4v) is 2.13. The zero-order valence-corrected chi connectivity index (χ0v) is 12.5. The molecule has 0 aliphatic carbocycles. The molecule has 0 aromatic heterocycles. The normalized spacial score (nSPS) is 20.8. The first-order valence-electron chi connectivity index (χ1n) is 5.98. The molecule has 0 aromatic carbocycles. The third-order valence-electron chi connectivity index (χ3n) is 3.04. The lowest BCUT2D eigenvalue weighted by Crippen LogP contribution is -2.56. The van der Waals surface area contributed by atoms with Crippen molar-refractivity contribution in [2.45, 2.75) is 51.8 Å². The van der Waals surface area contributed by atoms with E-state index in [0.717, 1.165) is 13.1 Å². The van der Waals surface area contributed by atoms with Crippen LogP contribution in [0, 0.1) is 5.92 Å². The third kappa shape index (κ3) is 3.52. The lowest BCUT2D eigenvalue weighted by Gasteiger charge is -2.46. The van der Waals surface area contributed by atoms with E-state index in [2.05, 4.69) is 30.1 Å². The first kappa shape index (κ1) is 14.6. The third-order valence-corrected chi connectivity index (χ3v) is 4.99. The van der Waals surface area contributed by atoms with Crippen LogP contribution in [0.3, 0.4) is 0 Å². The summed E-state index contributed by atoms with van der Waals surface area (Å²) in [5.74, 6) is 0.270. The first-order chi connectivity index (χ1) is 7.43. The van der Waals surface area contributed by atoms with Crippen molar-refractivity contribution in [3.8, 4) is 0 Å². The minimum Gasteiger partial charge on any atom is -0.297 e. The van der Waals surface area contributed by atoms with E-state index in [0.29, 0.717) is 0 Å². The molecule has 1 heterocycles. The maximum absolute atomic E-state index is 11.8. The molecule has 4 nitrogen and oxygen atoms in total. The number of rotatable bonds is 2. The largest absolute Gasteiger partial charge is 0.297 e. The Morgan fingerprint density at radius 1 is 1.12 bits per heavy atom. The van der Waals surface area contributed by atoms with Gasteiger partial charge in [-0.25, -0.2) is 8.42 Å². The molecule has 0 amide bonds. The monoisotopic (exact) mass is 260 g/mol. The van der Waals surface area contributed by atoms with Gasteiger partial charge in [-0.3, -0.25) is 4.90 Å². The molecule has 1 aliphatic heterocycles. The SMILES string of the molecule is CC(C)(C)N1CC(/C=N/S(=O)(=O)C(C)(C)C)C1. The number of hydrogen-bond acceptors (Lipinski definition) is 3. The number of hydrogen-bond donors (Lipinski definition) is 0. The van der Waals surface area contributed by atoms with E-state index in [1.807, 2.05) is 0 Å². The smallest absolute Gasteiger partial charge is 0.257 e. The standard InChI is InChI=1S/C12H24N2O2S/c1-11(2,3)14-8-10(9-14)7-13-17(15,16)12(4,5)6/h7,10H,8-9H2,1-6H3/b13-7+. The molecule has 0 radical (unpaired) electrons. The average Bonchev–Trinajstić information content (AvgIpc) is 1.95. The molecule has 1 aliphatic rings. The van der Waals surface area contributed by atoms with Gasteiger partial charge in [0.1, 0.15) is 0 Å². The van der Waals surface area contributed by atoms with Gasteiger partial charge in [-0.05, 0) is 41.5 Å². The van der Waals surface area contributed by atoms with Gasteiger partial charge in [-0.1, -0.05) is 0 Å². The van der Waals surface area contributed by atoms with Gasteiger partial charge in [0.25, 0.3) is 10.0 Å². The van der Waals surface area contributed by atoms with Crippen LogP contribution in [-0.4, -0.2) is 42.9 Å². The van der Waals surface area contributed by atoms with Gasteiger partial charge in [0.2, 0.25) is 0 Å². The summed E-state index contributed by atoms with van der Waals surface area (Å²) in [6.45, 7) is 13.3. The quantitative estimate of drug-likeness (QED) is 0.713. The highest BCUT2D eigenvalue weighted by molar-refractivity contribution is 7.91. The van der Waals surface area contributed by atoms with E-state index in [4.69, 9.17) is 0 Å². The Bertz CT molecular complexity index is 393. The van der Waals surface area contributed by atoms with Crippen LogP contribution in [0.25, 0.3) is 0 Å². The van der Waals surface area contributed by atoms with Crippen LogP contribution in [0.1, 0.15) is 41.5 Å². The van der Waals surface area contributed by atoms with Gasteiger partial charge in [-0.15, -0.1) is 0 Å². The van der Waals surface area contributed by atoms with Crippen molar-refractivity contribution in [1.29, 1.82) is 0 Å². The molecule has 0 spiro atoms. The van der Waals surface area contributed by atoms with Crippen LogP contribution in [0.5, 0.6) is 0 Å². The molecule has 0 saturated carbocycles. The van der Waals surface area contributed by atoms with Crippen LogP contribution in [0.15, 0.2) is 4.40 Å². The number of nitrogens with zero attached hydrogens (tertiary/aromatic N) is 2. The maximum atomic E-state index is 11.8. The minimum atomic E-state index is -3.37. The van der Waals surface area contributed by atoms with E-state index in [1.165, 1.54) is 0 Å². The van der Waals surface area contributed by atoms with Crippen LogP contribution in [-0.2, 0) is 10.0 Å². The Balaban J connectivity index is 2.55. The molecule has 1 fully saturated rings. The van der Waals surface area contributed by atoms with Gasteiger partial charge in [0.05, 0.1) is 4.75 Å². The van der Waals surface area contributed by atoms with Gasteiger partial charge < -0.3 is 0 Å². The summed E-state index contributed by atoms with van der Waals surface area (Å²) < 4.78 is 26.5. The zero-order chi connectivity index (χ0) is 13.5. The first-order valence-corrected chi connectivity index (χ1v) is 7.42. The number of likely N-dealkylation sites (tertiary alicyclic amines) is 1. The molecule has 100 valence electrons. The zero-order valence-electron chi connectivity index (χ0n) is 11.7. The van der Waals surface area contributed by atoms with Crippen LogP contribution >= 0.6 is 0 Å². The van der Waals surface area contributed by atoms with Gasteiger partial charge in [0.15, 0.2) is 0 Å². The lowest BCUT2D eigenvalue weighted by atomic mass is 9.93. The predicted octanol–water partition coefficient (Wildman–Crippen LogP) is 1.92. The topological polar surface area (TPSA) is 49.7 Å². The van der Waals surface area contributed by atoms with Crippen LogP contribution < -0.4 is 0 Å². The fraction of sp³-hybridized carbons (Fsp3) is 0.917. The average molecular weight is 260 g/mol. The lowest BCUT2D eigenvalue weighted by molar-refractivity contribution is 0.0440. The van der Waals surface area contributed by atoms with Gasteiger partial charge in [0, 0.05) is 30.8 Å². The highest BCUT2D eigenvalue weighted by atomic mass is 32.2. The van der Waals surface area contributed by atoms with Crippen molar-refractivity contribution in [2.75, 3.05) is 13.1 Å². The Labute approximate surface area is 105 Å². The molecule has 1 saturated heterocycles. The van der Waals surface area contributed by atoms with Gasteiger partial charge in [-0.2, -0.15) is 4.40 Å². The van der Waals surface area contributed by atoms with E-state index >= 15 is 0 Å². The Morgan fingerprint density at radius 3 is 1.94 bits per heavy atom. The minimum absolute atomic E-state index is 0.160. The summed E-state index contributed by atoms with van der Waals surface area (Å²) >= 11 is 0. The highest BCUT2D eigenvalue weighted by Crippen LogP contribution is 2.25. The van der Waals surface area contributed by atoms with Gasteiger partial charge >= 0.3 is 0 Å². The Hall–Kier alpha value is -0.420. The molecular formula is C12H24N2O2S. The molecule has 0 atom stereocenters. The molecular weight excluding hydrogens is 236 g/mol. The summed E-state index contributed by atoms with van der Waals surface area (Å²) in [5.41, 5.74) is 0.160. The van der Waals surface area contributed by atoms with Crippen LogP contribution in [0.4, 0.5) is 0 Å². The van der Waals surface area contributed by atoms with Crippen molar-refractivity contribution < 1.29 is 8.42 Å². The second kappa shape index (κ2) is 4.35. The Kier molecular flexibility index (Phi) is 3.75. The van der Waals surface area contributed by atoms with E-state index in [9.17, 15) is 8.42 Å². The van der Waals surface area contributed by atoms with Crippen molar-refractivity contribution in [1.82, 2.24) is 4.90 Å². The molecule has 17 heavy (non-hydrogen) atoms. The molecule has 5 heteroatoms. The summed E-state index contributed by atoms with van der Waals surface area (Å²) in [5, 5.41) is 0. The van der Waals surface area contributed by atoms with Crippen molar-refractivity contribution in [2.24, 2.45) is 10.3 Å². The summed E-state index contributed by atoms with van der Waals surface area (Å²) in [6.07, 6.45) is 1.60. The fourth-order valence-electron chi connectivity index (χ4n) is 1.48. The van der Waals surface area contributed by atoms with Crippen molar-refractivity contribution in [3.63, 3.8) is 0 Å².